The molecule has 4 aliphatic rings. The summed E-state index contributed by atoms with van der Waals surface area (Å²) in [4.78, 5) is 8.33. The van der Waals surface area contributed by atoms with E-state index in [9.17, 15) is 0 Å². The van der Waals surface area contributed by atoms with Gasteiger partial charge in [0.15, 0.2) is 0 Å². The second-order valence-corrected chi connectivity index (χ2v) is 8.11. The van der Waals surface area contributed by atoms with Crippen LogP contribution in [0.5, 0.6) is 0 Å². The maximum Gasteiger partial charge on any atom is 0.0328 e. The number of likely N-dealkylation sites (tertiary alicyclic amines) is 3. The number of allylic oxidation sites excluding steroid dienone is 2. The highest BCUT2D eigenvalue weighted by Gasteiger charge is 2.29. The van der Waals surface area contributed by atoms with Gasteiger partial charge in [-0.15, -0.1) is 0 Å². The quantitative estimate of drug-likeness (QED) is 0.783. The molecule has 0 spiro atoms. The molecule has 3 aliphatic heterocycles. The van der Waals surface area contributed by atoms with Crippen LogP contribution < -0.4 is 0 Å². The lowest BCUT2D eigenvalue weighted by molar-refractivity contribution is 0.202. The zero-order valence-corrected chi connectivity index (χ0v) is 14.9. The molecule has 0 saturated carbocycles. The van der Waals surface area contributed by atoms with Crippen molar-refractivity contribution in [3.8, 4) is 0 Å². The SMILES string of the molecule is C1CC(N2CCCC2)=C(N2CCCC2)CCC(N2CCCC2)C1. The van der Waals surface area contributed by atoms with Crippen LogP contribution in [0.15, 0.2) is 11.4 Å². The fraction of sp³-hybridized carbons (Fsp3) is 0.900. The highest BCUT2D eigenvalue weighted by Crippen LogP contribution is 2.33. The molecule has 0 aromatic heterocycles. The molecule has 3 heterocycles. The van der Waals surface area contributed by atoms with E-state index in [2.05, 4.69) is 14.7 Å². The molecule has 1 unspecified atom stereocenters. The molecule has 0 aromatic rings. The minimum Gasteiger partial charge on any atom is -0.373 e. The third-order valence-electron chi connectivity index (χ3n) is 6.63. The Morgan fingerprint density at radius 3 is 1.65 bits per heavy atom. The first-order chi connectivity index (χ1) is 11.4. The molecule has 1 atom stereocenters. The van der Waals surface area contributed by atoms with Crippen LogP contribution in [0, 0.1) is 0 Å². The fourth-order valence-corrected chi connectivity index (χ4v) is 5.37. The second-order valence-electron chi connectivity index (χ2n) is 8.11. The van der Waals surface area contributed by atoms with Crippen LogP contribution in [0.3, 0.4) is 0 Å². The van der Waals surface area contributed by atoms with Crippen molar-refractivity contribution in [2.24, 2.45) is 0 Å². The van der Waals surface area contributed by atoms with Gasteiger partial charge in [0, 0.05) is 43.6 Å². The lowest BCUT2D eigenvalue weighted by Gasteiger charge is -2.36. The van der Waals surface area contributed by atoms with Crippen LogP contribution in [0.1, 0.15) is 70.6 Å². The Hall–Kier alpha value is -0.700. The zero-order chi connectivity index (χ0) is 15.5. The fourth-order valence-electron chi connectivity index (χ4n) is 5.37. The summed E-state index contributed by atoms with van der Waals surface area (Å²) < 4.78 is 0. The van der Waals surface area contributed by atoms with Crippen LogP contribution in [0.2, 0.25) is 0 Å². The van der Waals surface area contributed by atoms with Crippen LogP contribution in [0.25, 0.3) is 0 Å². The summed E-state index contributed by atoms with van der Waals surface area (Å²) in [7, 11) is 0. The van der Waals surface area contributed by atoms with Crippen LogP contribution >= 0.6 is 0 Å². The van der Waals surface area contributed by atoms with Gasteiger partial charge < -0.3 is 14.7 Å². The summed E-state index contributed by atoms with van der Waals surface area (Å²) in [6.45, 7) is 8.02. The van der Waals surface area contributed by atoms with Gasteiger partial charge in [0.2, 0.25) is 0 Å². The molecule has 3 heteroatoms. The van der Waals surface area contributed by atoms with E-state index in [1.54, 1.807) is 11.4 Å². The Morgan fingerprint density at radius 2 is 1.04 bits per heavy atom. The summed E-state index contributed by atoms with van der Waals surface area (Å²) >= 11 is 0. The van der Waals surface area contributed by atoms with Gasteiger partial charge in [-0.1, -0.05) is 0 Å². The standard InChI is InChI=1S/C20H35N3/c1-2-13-21(12-1)18-8-7-9-19(22-14-3-4-15-22)20(11-10-18)23-16-5-6-17-23/h18H,1-17H2. The average molecular weight is 318 g/mol. The van der Waals surface area contributed by atoms with Crippen molar-refractivity contribution in [2.45, 2.75) is 76.7 Å². The number of hydrogen-bond donors (Lipinski definition) is 0. The highest BCUT2D eigenvalue weighted by atomic mass is 15.2. The first-order valence-electron chi connectivity index (χ1n) is 10.4. The molecule has 1 aliphatic carbocycles. The molecule has 4 rings (SSSR count). The largest absolute Gasteiger partial charge is 0.373 e. The lowest BCUT2D eigenvalue weighted by atomic mass is 9.95. The topological polar surface area (TPSA) is 9.72 Å². The Labute approximate surface area is 142 Å². The van der Waals surface area contributed by atoms with Gasteiger partial charge >= 0.3 is 0 Å². The molecular formula is C20H35N3. The molecule has 0 bridgehead atoms. The normalized spacial score (nSPS) is 31.0. The molecule has 0 radical (unpaired) electrons. The van der Waals surface area contributed by atoms with Gasteiger partial charge in [-0.25, -0.2) is 0 Å². The van der Waals surface area contributed by atoms with E-state index in [1.165, 1.54) is 110 Å². The summed E-state index contributed by atoms with van der Waals surface area (Å²) in [5.74, 6) is 0. The molecule has 3 nitrogen and oxygen atoms in total. The molecule has 3 fully saturated rings. The maximum absolute atomic E-state index is 2.81. The number of hydrogen-bond acceptors (Lipinski definition) is 3. The summed E-state index contributed by atoms with van der Waals surface area (Å²) in [5.41, 5.74) is 3.51. The molecular weight excluding hydrogens is 282 g/mol. The zero-order valence-electron chi connectivity index (χ0n) is 14.9. The lowest BCUT2D eigenvalue weighted by Crippen LogP contribution is -2.35. The molecule has 130 valence electrons. The summed E-state index contributed by atoms with van der Waals surface area (Å²) in [6.07, 6.45) is 15.4. The Morgan fingerprint density at radius 1 is 0.522 bits per heavy atom. The van der Waals surface area contributed by atoms with Gasteiger partial charge in [0.25, 0.3) is 0 Å². The first kappa shape index (κ1) is 15.8. The molecule has 0 amide bonds. The molecule has 0 N–H and O–H groups in total. The Balaban J connectivity index is 1.52. The minimum absolute atomic E-state index is 0.871. The Kier molecular flexibility index (Phi) is 5.13. The third kappa shape index (κ3) is 3.55. The van der Waals surface area contributed by atoms with E-state index in [4.69, 9.17) is 0 Å². The minimum atomic E-state index is 0.871. The number of rotatable bonds is 3. The van der Waals surface area contributed by atoms with Crippen LogP contribution in [-0.4, -0.2) is 60.0 Å². The van der Waals surface area contributed by atoms with Crippen LogP contribution in [-0.2, 0) is 0 Å². The van der Waals surface area contributed by atoms with E-state index in [0.717, 1.165) is 6.04 Å². The van der Waals surface area contributed by atoms with Gasteiger partial charge in [-0.3, -0.25) is 0 Å². The van der Waals surface area contributed by atoms with E-state index in [0.29, 0.717) is 0 Å². The van der Waals surface area contributed by atoms with E-state index in [-0.39, 0.29) is 0 Å². The van der Waals surface area contributed by atoms with Crippen molar-refractivity contribution >= 4 is 0 Å². The first-order valence-corrected chi connectivity index (χ1v) is 10.4. The van der Waals surface area contributed by atoms with Crippen molar-refractivity contribution in [2.75, 3.05) is 39.3 Å². The number of nitrogens with zero attached hydrogens (tertiary/aromatic N) is 3. The summed E-state index contributed by atoms with van der Waals surface area (Å²) in [5, 5.41) is 0. The van der Waals surface area contributed by atoms with Crippen molar-refractivity contribution in [3.63, 3.8) is 0 Å². The van der Waals surface area contributed by atoms with Crippen molar-refractivity contribution in [3.05, 3.63) is 11.4 Å². The second kappa shape index (κ2) is 7.46. The van der Waals surface area contributed by atoms with E-state index < -0.39 is 0 Å². The van der Waals surface area contributed by atoms with Crippen molar-refractivity contribution in [1.29, 1.82) is 0 Å². The molecule has 23 heavy (non-hydrogen) atoms. The van der Waals surface area contributed by atoms with Gasteiger partial charge in [0.1, 0.15) is 0 Å². The highest BCUT2D eigenvalue weighted by molar-refractivity contribution is 5.16. The molecule has 0 aromatic carbocycles. The monoisotopic (exact) mass is 317 g/mol. The van der Waals surface area contributed by atoms with E-state index >= 15 is 0 Å². The van der Waals surface area contributed by atoms with Crippen molar-refractivity contribution < 1.29 is 0 Å². The van der Waals surface area contributed by atoms with E-state index in [1.807, 2.05) is 0 Å². The van der Waals surface area contributed by atoms with Gasteiger partial charge in [-0.05, 0) is 83.7 Å². The predicted octanol–water partition coefficient (Wildman–Crippen LogP) is 3.82. The summed E-state index contributed by atoms with van der Waals surface area (Å²) in [6, 6.07) is 0.871. The van der Waals surface area contributed by atoms with Crippen molar-refractivity contribution in [1.82, 2.24) is 14.7 Å². The Bertz CT molecular complexity index is 413. The molecule has 3 saturated heterocycles. The van der Waals surface area contributed by atoms with Crippen LogP contribution in [0.4, 0.5) is 0 Å². The third-order valence-corrected chi connectivity index (χ3v) is 6.63. The maximum atomic E-state index is 2.81. The predicted molar refractivity (Wildman–Crippen MR) is 96.3 cm³/mol. The average Bonchev–Trinajstić information content (AvgIpc) is 3.31. The van der Waals surface area contributed by atoms with Gasteiger partial charge in [0.05, 0.1) is 0 Å². The smallest absolute Gasteiger partial charge is 0.0328 e. The van der Waals surface area contributed by atoms with Gasteiger partial charge in [-0.2, -0.15) is 0 Å².